The molecule has 1 fully saturated rings. The summed E-state index contributed by atoms with van der Waals surface area (Å²) in [7, 11) is 6.75. The smallest absolute Gasteiger partial charge is 0.0359 e. The molecule has 18 heavy (non-hydrogen) atoms. The van der Waals surface area contributed by atoms with Gasteiger partial charge in [0, 0.05) is 11.6 Å². The number of hydrogen-bond donors (Lipinski definition) is 1. The van der Waals surface area contributed by atoms with E-state index < -0.39 is 0 Å². The van der Waals surface area contributed by atoms with Crippen LogP contribution in [0.2, 0.25) is 0 Å². The first-order chi connectivity index (χ1) is 8.62. The van der Waals surface area contributed by atoms with Crippen molar-refractivity contribution in [1.82, 2.24) is 10.2 Å². The summed E-state index contributed by atoms with van der Waals surface area (Å²) in [5, 5.41) is 3.68. The Hall–Kier alpha value is -0.0800. The fourth-order valence-corrected chi connectivity index (χ4v) is 4.08. The van der Waals surface area contributed by atoms with E-state index in [9.17, 15) is 0 Å². The third-order valence-corrected chi connectivity index (χ3v) is 5.27. The summed E-state index contributed by atoms with van der Waals surface area (Å²) in [6, 6.07) is 0.639. The van der Waals surface area contributed by atoms with Crippen LogP contribution in [0.3, 0.4) is 0 Å². The third kappa shape index (κ3) is 3.27. The topological polar surface area (TPSA) is 15.3 Å². The normalized spacial score (nSPS) is 22.2. The van der Waals surface area contributed by atoms with Crippen molar-refractivity contribution in [3.8, 4) is 0 Å². The molecule has 0 saturated heterocycles. The van der Waals surface area contributed by atoms with E-state index in [4.69, 9.17) is 0 Å². The fraction of sp³-hybridized carbons (Fsp3) is 1.00. The number of likely N-dealkylation sites (N-methyl/N-ethyl adjacent to an activating group) is 2. The van der Waals surface area contributed by atoms with Gasteiger partial charge in [0.05, 0.1) is 0 Å². The van der Waals surface area contributed by atoms with Crippen LogP contribution in [0.1, 0.15) is 65.2 Å². The molecule has 1 rings (SSSR count). The molecule has 2 heteroatoms. The molecule has 0 aromatic heterocycles. The minimum atomic E-state index is 0.377. The molecule has 1 aliphatic carbocycles. The summed E-state index contributed by atoms with van der Waals surface area (Å²) in [5.74, 6) is 0.801. The monoisotopic (exact) mass is 254 g/mol. The number of hydrogen-bond acceptors (Lipinski definition) is 2. The number of nitrogens with one attached hydrogen (secondary N) is 1. The van der Waals surface area contributed by atoms with Crippen LogP contribution in [0.5, 0.6) is 0 Å². The summed E-state index contributed by atoms with van der Waals surface area (Å²) in [6.07, 6.45) is 11.0. The van der Waals surface area contributed by atoms with Crippen molar-refractivity contribution in [3.05, 3.63) is 0 Å². The van der Waals surface area contributed by atoms with Crippen molar-refractivity contribution in [3.63, 3.8) is 0 Å². The van der Waals surface area contributed by atoms with Crippen LogP contribution in [0.15, 0.2) is 0 Å². The largest absolute Gasteiger partial charge is 0.315 e. The van der Waals surface area contributed by atoms with Crippen LogP contribution in [0.4, 0.5) is 0 Å². The molecule has 1 saturated carbocycles. The van der Waals surface area contributed by atoms with E-state index in [1.165, 1.54) is 51.4 Å². The van der Waals surface area contributed by atoms with Crippen molar-refractivity contribution in [2.75, 3.05) is 21.1 Å². The second-order valence-electron chi connectivity index (χ2n) is 6.26. The minimum Gasteiger partial charge on any atom is -0.315 e. The first kappa shape index (κ1) is 16.0. The second-order valence-corrected chi connectivity index (χ2v) is 6.26. The van der Waals surface area contributed by atoms with Crippen LogP contribution >= 0.6 is 0 Å². The zero-order valence-electron chi connectivity index (χ0n) is 13.3. The number of nitrogens with zero attached hydrogens (tertiary/aromatic N) is 1. The standard InChI is InChI=1S/C16H34N2/c1-6-14(7-2)15(17-3)16(18(4)5)12-10-8-9-11-13-16/h14-15,17H,6-13H2,1-5H3. The Balaban J connectivity index is 2.98. The molecular formula is C16H34N2. The zero-order valence-corrected chi connectivity index (χ0v) is 13.3. The molecule has 0 bridgehead atoms. The molecule has 0 heterocycles. The maximum absolute atomic E-state index is 3.68. The van der Waals surface area contributed by atoms with Crippen molar-refractivity contribution in [1.29, 1.82) is 0 Å². The van der Waals surface area contributed by atoms with Gasteiger partial charge in [-0.3, -0.25) is 0 Å². The number of rotatable bonds is 6. The summed E-state index contributed by atoms with van der Waals surface area (Å²) in [6.45, 7) is 4.69. The lowest BCUT2D eigenvalue weighted by molar-refractivity contribution is 0.0535. The highest BCUT2D eigenvalue weighted by Crippen LogP contribution is 2.38. The quantitative estimate of drug-likeness (QED) is 0.728. The van der Waals surface area contributed by atoms with Crippen molar-refractivity contribution < 1.29 is 0 Å². The van der Waals surface area contributed by atoms with Crippen LogP contribution in [-0.2, 0) is 0 Å². The van der Waals surface area contributed by atoms with Crippen LogP contribution in [0, 0.1) is 5.92 Å². The minimum absolute atomic E-state index is 0.377. The molecule has 0 aromatic rings. The highest BCUT2D eigenvalue weighted by Gasteiger charge is 2.42. The summed E-state index contributed by atoms with van der Waals surface area (Å²) in [4.78, 5) is 2.53. The first-order valence-electron chi connectivity index (χ1n) is 7.97. The van der Waals surface area contributed by atoms with Crippen LogP contribution < -0.4 is 5.32 Å². The molecule has 0 aliphatic heterocycles. The lowest BCUT2D eigenvalue weighted by atomic mass is 9.74. The molecular weight excluding hydrogens is 220 g/mol. The molecule has 0 aromatic carbocycles. The predicted molar refractivity (Wildman–Crippen MR) is 81.0 cm³/mol. The van der Waals surface area contributed by atoms with Gasteiger partial charge in [0.1, 0.15) is 0 Å². The van der Waals surface area contributed by atoms with Gasteiger partial charge >= 0.3 is 0 Å². The van der Waals surface area contributed by atoms with Gasteiger partial charge in [-0.25, -0.2) is 0 Å². The highest BCUT2D eigenvalue weighted by atomic mass is 15.2. The average molecular weight is 254 g/mol. The Labute approximate surface area is 115 Å². The van der Waals surface area contributed by atoms with Gasteiger partial charge in [0.2, 0.25) is 0 Å². The Morgan fingerprint density at radius 2 is 1.50 bits per heavy atom. The van der Waals surface area contributed by atoms with E-state index in [2.05, 4.69) is 45.2 Å². The van der Waals surface area contributed by atoms with E-state index in [0.717, 1.165) is 5.92 Å². The maximum Gasteiger partial charge on any atom is 0.0359 e. The van der Waals surface area contributed by atoms with E-state index in [1.54, 1.807) is 0 Å². The molecule has 0 spiro atoms. The molecule has 1 atom stereocenters. The molecule has 2 nitrogen and oxygen atoms in total. The SMILES string of the molecule is CCC(CC)C(NC)C1(N(C)C)CCCCCC1. The van der Waals surface area contributed by atoms with Gasteiger partial charge in [-0.15, -0.1) is 0 Å². The fourth-order valence-electron chi connectivity index (χ4n) is 4.08. The van der Waals surface area contributed by atoms with Crippen molar-refractivity contribution in [2.45, 2.75) is 76.8 Å². The van der Waals surface area contributed by atoms with E-state index in [0.29, 0.717) is 11.6 Å². The van der Waals surface area contributed by atoms with Crippen LogP contribution in [-0.4, -0.2) is 37.6 Å². The summed E-state index contributed by atoms with van der Waals surface area (Å²) in [5.41, 5.74) is 0.377. The van der Waals surface area contributed by atoms with Gasteiger partial charge < -0.3 is 10.2 Å². The summed E-state index contributed by atoms with van der Waals surface area (Å²) >= 11 is 0. The third-order valence-electron chi connectivity index (χ3n) is 5.27. The summed E-state index contributed by atoms with van der Waals surface area (Å²) < 4.78 is 0. The van der Waals surface area contributed by atoms with E-state index in [-0.39, 0.29) is 0 Å². The lowest BCUT2D eigenvalue weighted by Gasteiger charge is -2.48. The van der Waals surface area contributed by atoms with Gasteiger partial charge in [-0.05, 0) is 39.9 Å². The molecule has 0 amide bonds. The van der Waals surface area contributed by atoms with Crippen molar-refractivity contribution >= 4 is 0 Å². The van der Waals surface area contributed by atoms with E-state index in [1.807, 2.05) is 0 Å². The van der Waals surface area contributed by atoms with Crippen LogP contribution in [0.25, 0.3) is 0 Å². The van der Waals surface area contributed by atoms with E-state index >= 15 is 0 Å². The zero-order chi connectivity index (χ0) is 13.6. The van der Waals surface area contributed by atoms with Crippen molar-refractivity contribution in [2.24, 2.45) is 5.92 Å². The molecule has 0 radical (unpaired) electrons. The predicted octanol–water partition coefficient (Wildman–Crippen LogP) is 3.67. The Kier molecular flexibility index (Phi) is 6.65. The van der Waals surface area contributed by atoms with Gasteiger partial charge in [0.25, 0.3) is 0 Å². The van der Waals surface area contributed by atoms with Gasteiger partial charge in [0.15, 0.2) is 0 Å². The van der Waals surface area contributed by atoms with Gasteiger partial charge in [-0.1, -0.05) is 52.4 Å². The van der Waals surface area contributed by atoms with Gasteiger partial charge in [-0.2, -0.15) is 0 Å². The Bertz CT molecular complexity index is 213. The second kappa shape index (κ2) is 7.49. The maximum atomic E-state index is 3.68. The molecule has 108 valence electrons. The first-order valence-corrected chi connectivity index (χ1v) is 7.97. The Morgan fingerprint density at radius 3 is 1.83 bits per heavy atom. The molecule has 1 unspecified atom stereocenters. The Morgan fingerprint density at radius 1 is 1.00 bits per heavy atom. The highest BCUT2D eigenvalue weighted by molar-refractivity contribution is 5.01. The lowest BCUT2D eigenvalue weighted by Crippen LogP contribution is -2.60. The molecule has 1 N–H and O–H groups in total. The average Bonchev–Trinajstić information content (AvgIpc) is 2.62. The molecule has 1 aliphatic rings.